The van der Waals surface area contributed by atoms with Crippen molar-refractivity contribution in [1.29, 1.82) is 0 Å². The molecule has 2 N–H and O–H groups in total. The van der Waals surface area contributed by atoms with Gasteiger partial charge in [-0.2, -0.15) is 0 Å². The second-order valence-corrected chi connectivity index (χ2v) is 5.77. The van der Waals surface area contributed by atoms with Crippen LogP contribution in [-0.4, -0.2) is 35.1 Å². The first kappa shape index (κ1) is 14.1. The summed E-state index contributed by atoms with van der Waals surface area (Å²) in [5.41, 5.74) is 4.49. The number of H-pyrrole nitrogens is 1. The number of carbonyl (C=O) groups excluding carboxylic acids is 1. The van der Waals surface area contributed by atoms with E-state index in [-0.39, 0.29) is 11.9 Å². The van der Waals surface area contributed by atoms with E-state index in [0.717, 1.165) is 29.9 Å². The molecule has 1 aliphatic heterocycles. The van der Waals surface area contributed by atoms with Gasteiger partial charge in [-0.25, -0.2) is 4.98 Å². The number of benzene rings is 1. The van der Waals surface area contributed by atoms with Crippen molar-refractivity contribution >= 4 is 16.9 Å². The van der Waals surface area contributed by atoms with Crippen molar-refractivity contribution in [2.75, 3.05) is 13.2 Å². The number of hydrogen-bond donors (Lipinski definition) is 2. The van der Waals surface area contributed by atoms with Crippen LogP contribution < -0.4 is 5.32 Å². The minimum atomic E-state index is 0.0679. The van der Waals surface area contributed by atoms with Gasteiger partial charge in [0.25, 0.3) is 0 Å². The maximum Gasteiger partial charge on any atom is 0.220 e. The van der Waals surface area contributed by atoms with Crippen molar-refractivity contribution in [3.05, 3.63) is 29.1 Å². The van der Waals surface area contributed by atoms with Gasteiger partial charge in [-0.1, -0.05) is 0 Å². The van der Waals surface area contributed by atoms with E-state index in [0.29, 0.717) is 19.4 Å². The molecule has 1 aliphatic rings. The van der Waals surface area contributed by atoms with E-state index in [1.54, 1.807) is 0 Å². The highest BCUT2D eigenvalue weighted by atomic mass is 16.5. The standard InChI is InChI=1S/C16H21N3O2/c1-10-7-13-14(8-11(10)2)19-15(18-13)3-4-16(20)17-12-5-6-21-9-12/h7-8,12H,3-6,9H2,1-2H3,(H,17,20)(H,18,19)/t12-/m1/s1. The lowest BCUT2D eigenvalue weighted by molar-refractivity contribution is -0.121. The Morgan fingerprint density at radius 1 is 1.43 bits per heavy atom. The molecule has 0 saturated carbocycles. The zero-order valence-electron chi connectivity index (χ0n) is 12.5. The van der Waals surface area contributed by atoms with Crippen molar-refractivity contribution in [1.82, 2.24) is 15.3 Å². The van der Waals surface area contributed by atoms with E-state index >= 15 is 0 Å². The van der Waals surface area contributed by atoms with Gasteiger partial charge in [0.05, 0.1) is 23.7 Å². The van der Waals surface area contributed by atoms with Crippen LogP contribution in [0.15, 0.2) is 12.1 Å². The zero-order chi connectivity index (χ0) is 14.8. The second-order valence-electron chi connectivity index (χ2n) is 5.77. The summed E-state index contributed by atoms with van der Waals surface area (Å²) >= 11 is 0. The summed E-state index contributed by atoms with van der Waals surface area (Å²) in [5.74, 6) is 0.936. The molecule has 0 unspecified atom stereocenters. The molecule has 5 heteroatoms. The summed E-state index contributed by atoms with van der Waals surface area (Å²) in [6, 6.07) is 4.37. The van der Waals surface area contributed by atoms with Crippen LogP contribution in [-0.2, 0) is 16.0 Å². The van der Waals surface area contributed by atoms with Crippen LogP contribution in [0.25, 0.3) is 11.0 Å². The normalized spacial score (nSPS) is 18.3. The Hall–Kier alpha value is -1.88. The number of imidazole rings is 1. The van der Waals surface area contributed by atoms with Gasteiger partial charge in [0, 0.05) is 19.4 Å². The fourth-order valence-electron chi connectivity index (χ4n) is 2.62. The number of fused-ring (bicyclic) bond motifs is 1. The highest BCUT2D eigenvalue weighted by Gasteiger charge is 2.17. The molecular formula is C16H21N3O2. The molecule has 1 aromatic heterocycles. The average Bonchev–Trinajstić information content (AvgIpc) is 3.06. The van der Waals surface area contributed by atoms with Gasteiger partial charge in [0.1, 0.15) is 5.82 Å². The Balaban J connectivity index is 1.61. The van der Waals surface area contributed by atoms with Crippen LogP contribution in [0.1, 0.15) is 29.8 Å². The van der Waals surface area contributed by atoms with E-state index in [1.165, 1.54) is 11.1 Å². The summed E-state index contributed by atoms with van der Waals surface area (Å²) < 4.78 is 5.25. The number of aromatic amines is 1. The third kappa shape index (κ3) is 3.24. The van der Waals surface area contributed by atoms with Crippen LogP contribution in [0.3, 0.4) is 0 Å². The SMILES string of the molecule is Cc1cc2nc(CCC(=O)N[C@@H]3CCOC3)[nH]c2cc1C. The molecule has 0 spiro atoms. The molecule has 0 aliphatic carbocycles. The minimum absolute atomic E-state index is 0.0679. The lowest BCUT2D eigenvalue weighted by Gasteiger charge is -2.09. The van der Waals surface area contributed by atoms with Gasteiger partial charge < -0.3 is 15.0 Å². The van der Waals surface area contributed by atoms with Crippen LogP contribution in [0.5, 0.6) is 0 Å². The Morgan fingerprint density at radius 2 is 2.24 bits per heavy atom. The minimum Gasteiger partial charge on any atom is -0.379 e. The number of ether oxygens (including phenoxy) is 1. The van der Waals surface area contributed by atoms with Crippen molar-refractivity contribution in [2.45, 2.75) is 39.2 Å². The summed E-state index contributed by atoms with van der Waals surface area (Å²) in [6.07, 6.45) is 2.00. The van der Waals surface area contributed by atoms with E-state index in [9.17, 15) is 4.79 Å². The van der Waals surface area contributed by atoms with Crippen molar-refractivity contribution in [2.24, 2.45) is 0 Å². The number of aryl methyl sites for hydroxylation is 3. The molecule has 5 nitrogen and oxygen atoms in total. The fraction of sp³-hybridized carbons (Fsp3) is 0.500. The molecule has 0 radical (unpaired) electrons. The predicted octanol–water partition coefficient (Wildman–Crippen LogP) is 2.02. The van der Waals surface area contributed by atoms with E-state index < -0.39 is 0 Å². The first-order valence-corrected chi connectivity index (χ1v) is 7.45. The Kier molecular flexibility index (Phi) is 3.92. The first-order chi connectivity index (χ1) is 10.1. The first-order valence-electron chi connectivity index (χ1n) is 7.45. The van der Waals surface area contributed by atoms with Gasteiger partial charge in [0.2, 0.25) is 5.91 Å². The molecule has 1 saturated heterocycles. The molecule has 0 bridgehead atoms. The van der Waals surface area contributed by atoms with E-state index in [1.807, 2.05) is 0 Å². The highest BCUT2D eigenvalue weighted by molar-refractivity contribution is 5.78. The maximum absolute atomic E-state index is 11.9. The molecule has 1 fully saturated rings. The van der Waals surface area contributed by atoms with Gasteiger partial charge in [-0.15, -0.1) is 0 Å². The van der Waals surface area contributed by atoms with Gasteiger partial charge in [0.15, 0.2) is 0 Å². The molecule has 112 valence electrons. The third-order valence-electron chi connectivity index (χ3n) is 4.03. The summed E-state index contributed by atoms with van der Waals surface area (Å²) in [5, 5.41) is 3.00. The number of rotatable bonds is 4. The van der Waals surface area contributed by atoms with Gasteiger partial charge in [-0.05, 0) is 43.5 Å². The van der Waals surface area contributed by atoms with Crippen LogP contribution in [0.4, 0.5) is 0 Å². The van der Waals surface area contributed by atoms with Crippen LogP contribution in [0, 0.1) is 13.8 Å². The smallest absolute Gasteiger partial charge is 0.220 e. The fourth-order valence-corrected chi connectivity index (χ4v) is 2.62. The van der Waals surface area contributed by atoms with Crippen molar-refractivity contribution in [3.63, 3.8) is 0 Å². The Bertz CT molecular complexity index is 618. The van der Waals surface area contributed by atoms with E-state index in [2.05, 4.69) is 41.3 Å². The number of amides is 1. The van der Waals surface area contributed by atoms with Crippen molar-refractivity contribution < 1.29 is 9.53 Å². The largest absolute Gasteiger partial charge is 0.379 e. The summed E-state index contributed by atoms with van der Waals surface area (Å²) in [6.45, 7) is 5.55. The Labute approximate surface area is 124 Å². The number of carbonyl (C=O) groups is 1. The number of nitrogens with zero attached hydrogens (tertiary/aromatic N) is 1. The maximum atomic E-state index is 11.9. The second kappa shape index (κ2) is 5.85. The zero-order valence-corrected chi connectivity index (χ0v) is 12.5. The topological polar surface area (TPSA) is 67.0 Å². The summed E-state index contributed by atoms with van der Waals surface area (Å²) in [4.78, 5) is 19.7. The lowest BCUT2D eigenvalue weighted by atomic mass is 10.1. The number of aromatic nitrogens is 2. The average molecular weight is 287 g/mol. The predicted molar refractivity (Wildman–Crippen MR) is 81.3 cm³/mol. The molecular weight excluding hydrogens is 266 g/mol. The van der Waals surface area contributed by atoms with Gasteiger partial charge in [-0.3, -0.25) is 4.79 Å². The van der Waals surface area contributed by atoms with Crippen LogP contribution >= 0.6 is 0 Å². The number of nitrogens with one attached hydrogen (secondary N) is 2. The molecule has 3 rings (SSSR count). The van der Waals surface area contributed by atoms with E-state index in [4.69, 9.17) is 4.74 Å². The Morgan fingerprint density at radius 3 is 3.00 bits per heavy atom. The number of hydrogen-bond acceptors (Lipinski definition) is 3. The molecule has 1 atom stereocenters. The monoisotopic (exact) mass is 287 g/mol. The van der Waals surface area contributed by atoms with Crippen molar-refractivity contribution in [3.8, 4) is 0 Å². The lowest BCUT2D eigenvalue weighted by Crippen LogP contribution is -2.35. The summed E-state index contributed by atoms with van der Waals surface area (Å²) in [7, 11) is 0. The molecule has 2 aromatic rings. The highest BCUT2D eigenvalue weighted by Crippen LogP contribution is 2.17. The van der Waals surface area contributed by atoms with Gasteiger partial charge >= 0.3 is 0 Å². The molecule has 21 heavy (non-hydrogen) atoms. The molecule has 1 aromatic carbocycles. The van der Waals surface area contributed by atoms with Crippen LogP contribution in [0.2, 0.25) is 0 Å². The molecule has 1 amide bonds. The quantitative estimate of drug-likeness (QED) is 0.904. The molecule has 2 heterocycles. The third-order valence-corrected chi connectivity index (χ3v) is 4.03.